The lowest BCUT2D eigenvalue weighted by Gasteiger charge is -2.38. The van der Waals surface area contributed by atoms with Crippen molar-refractivity contribution >= 4 is 17.3 Å². The molecule has 5 heteroatoms. The Kier molecular flexibility index (Phi) is 4.48. The van der Waals surface area contributed by atoms with E-state index in [1.54, 1.807) is 0 Å². The molecule has 0 radical (unpaired) electrons. The van der Waals surface area contributed by atoms with Crippen LogP contribution < -0.4 is 5.32 Å². The first kappa shape index (κ1) is 14.8. The average molecular weight is 306 g/mol. The van der Waals surface area contributed by atoms with Crippen LogP contribution in [0.2, 0.25) is 0 Å². The summed E-state index contributed by atoms with van der Waals surface area (Å²) < 4.78 is 0. The second-order valence-corrected chi connectivity index (χ2v) is 7.52. The number of guanidine groups is 1. The maximum Gasteiger partial charge on any atom is 0.193 e. The summed E-state index contributed by atoms with van der Waals surface area (Å²) >= 11 is 1.83. The van der Waals surface area contributed by atoms with Gasteiger partial charge < -0.3 is 10.2 Å². The molecule has 1 aliphatic carbocycles. The molecule has 0 unspecified atom stereocenters. The first-order valence-corrected chi connectivity index (χ1v) is 8.95. The minimum absolute atomic E-state index is 0.628. The van der Waals surface area contributed by atoms with Gasteiger partial charge in [0.05, 0.1) is 5.01 Å². The highest BCUT2D eigenvalue weighted by atomic mass is 32.1. The fraction of sp³-hybridized carbons (Fsp3) is 0.750. The van der Waals surface area contributed by atoms with Crippen molar-refractivity contribution in [1.29, 1.82) is 0 Å². The van der Waals surface area contributed by atoms with Gasteiger partial charge in [-0.1, -0.05) is 13.3 Å². The number of aromatic nitrogens is 1. The summed E-state index contributed by atoms with van der Waals surface area (Å²) in [6.07, 6.45) is 9.68. The van der Waals surface area contributed by atoms with Gasteiger partial charge in [0.15, 0.2) is 5.96 Å². The number of hydrogen-bond acceptors (Lipinski definition) is 3. The molecule has 1 aromatic heterocycles. The number of thiazole rings is 1. The summed E-state index contributed by atoms with van der Waals surface area (Å²) in [6, 6.07) is 0. The van der Waals surface area contributed by atoms with Crippen LogP contribution in [0.3, 0.4) is 0 Å². The van der Waals surface area contributed by atoms with Gasteiger partial charge in [0.25, 0.3) is 0 Å². The topological polar surface area (TPSA) is 40.5 Å². The molecule has 2 aliphatic rings. The maximum absolute atomic E-state index is 4.48. The smallest absolute Gasteiger partial charge is 0.193 e. The highest BCUT2D eigenvalue weighted by molar-refractivity contribution is 7.11. The molecule has 2 fully saturated rings. The molecule has 116 valence electrons. The largest absolute Gasteiger partial charge is 0.356 e. The molecule has 1 saturated heterocycles. The molecule has 4 nitrogen and oxygen atoms in total. The minimum Gasteiger partial charge on any atom is -0.356 e. The number of nitrogens with zero attached hydrogens (tertiary/aromatic N) is 3. The fourth-order valence-electron chi connectivity index (χ4n) is 3.44. The molecule has 0 amide bonds. The molecule has 0 atom stereocenters. The van der Waals surface area contributed by atoms with Crippen molar-refractivity contribution in [3.8, 4) is 0 Å². The molecule has 1 saturated carbocycles. The van der Waals surface area contributed by atoms with Crippen LogP contribution in [-0.2, 0) is 12.8 Å². The number of hydrogen-bond donors (Lipinski definition) is 1. The van der Waals surface area contributed by atoms with Crippen molar-refractivity contribution in [2.75, 3.05) is 26.7 Å². The number of likely N-dealkylation sites (tertiary alicyclic amines) is 1. The summed E-state index contributed by atoms with van der Waals surface area (Å²) in [5.74, 6) is 1.08. The van der Waals surface area contributed by atoms with E-state index in [1.165, 1.54) is 42.1 Å². The molecule has 1 aliphatic heterocycles. The predicted molar refractivity (Wildman–Crippen MR) is 89.0 cm³/mol. The fourth-order valence-corrected chi connectivity index (χ4v) is 4.30. The van der Waals surface area contributed by atoms with Crippen LogP contribution in [0.15, 0.2) is 11.2 Å². The van der Waals surface area contributed by atoms with Gasteiger partial charge in [-0.05, 0) is 31.1 Å². The third kappa shape index (κ3) is 3.23. The Morgan fingerprint density at radius 2 is 2.33 bits per heavy atom. The standard InChI is InChI=1S/C16H26N4S/c1-3-13-11-19-14(21-13)5-9-18-15(17-2)20-10-8-16(12-20)6-4-7-16/h11H,3-10,12H2,1-2H3,(H,17,18). The van der Waals surface area contributed by atoms with Crippen molar-refractivity contribution in [3.63, 3.8) is 0 Å². The summed E-state index contributed by atoms with van der Waals surface area (Å²) in [7, 11) is 1.90. The SMILES string of the molecule is CCc1cnc(CCNC(=NC)N2CCC3(CCC3)C2)s1. The van der Waals surface area contributed by atoms with Crippen LogP contribution >= 0.6 is 11.3 Å². The van der Waals surface area contributed by atoms with E-state index >= 15 is 0 Å². The van der Waals surface area contributed by atoms with Gasteiger partial charge in [-0.2, -0.15) is 0 Å². The second-order valence-electron chi connectivity index (χ2n) is 6.32. The van der Waals surface area contributed by atoms with E-state index in [9.17, 15) is 0 Å². The van der Waals surface area contributed by atoms with E-state index in [0.717, 1.165) is 31.9 Å². The van der Waals surface area contributed by atoms with Gasteiger partial charge in [0.2, 0.25) is 0 Å². The summed E-state index contributed by atoms with van der Waals surface area (Å²) in [5, 5.41) is 4.74. The second kappa shape index (κ2) is 6.34. The highest BCUT2D eigenvalue weighted by Gasteiger charge is 2.43. The zero-order chi connectivity index (χ0) is 14.7. The Labute approximate surface area is 131 Å². The molecule has 1 aromatic rings. The van der Waals surface area contributed by atoms with Crippen LogP contribution in [0.5, 0.6) is 0 Å². The zero-order valence-electron chi connectivity index (χ0n) is 13.2. The maximum atomic E-state index is 4.48. The lowest BCUT2D eigenvalue weighted by molar-refractivity contribution is 0.151. The molecular formula is C16H26N4S. The molecule has 1 N–H and O–H groups in total. The van der Waals surface area contributed by atoms with E-state index in [-0.39, 0.29) is 0 Å². The number of aliphatic imine (C=N–C) groups is 1. The Morgan fingerprint density at radius 3 is 2.90 bits per heavy atom. The van der Waals surface area contributed by atoms with Gasteiger partial charge in [-0.25, -0.2) is 4.98 Å². The van der Waals surface area contributed by atoms with Crippen molar-refractivity contribution < 1.29 is 0 Å². The summed E-state index contributed by atoms with van der Waals surface area (Å²) in [4.78, 5) is 12.8. The Hall–Kier alpha value is -1.10. The quantitative estimate of drug-likeness (QED) is 0.687. The molecule has 21 heavy (non-hydrogen) atoms. The molecular weight excluding hydrogens is 280 g/mol. The van der Waals surface area contributed by atoms with Gasteiger partial charge in [-0.15, -0.1) is 11.3 Å². The third-order valence-electron chi connectivity index (χ3n) is 4.94. The van der Waals surface area contributed by atoms with Crippen LogP contribution in [0, 0.1) is 5.41 Å². The summed E-state index contributed by atoms with van der Waals surface area (Å²) in [5.41, 5.74) is 0.628. The first-order valence-electron chi connectivity index (χ1n) is 8.14. The summed E-state index contributed by atoms with van der Waals surface area (Å²) in [6.45, 7) is 5.47. The molecule has 0 aromatic carbocycles. The van der Waals surface area contributed by atoms with E-state index in [2.05, 4.69) is 27.1 Å². The molecule has 2 heterocycles. The van der Waals surface area contributed by atoms with E-state index in [1.807, 2.05) is 24.6 Å². The van der Waals surface area contributed by atoms with Gasteiger partial charge in [0, 0.05) is 44.2 Å². The van der Waals surface area contributed by atoms with E-state index in [0.29, 0.717) is 5.41 Å². The van der Waals surface area contributed by atoms with Crippen LogP contribution in [-0.4, -0.2) is 42.5 Å². The first-order chi connectivity index (χ1) is 10.2. The molecule has 0 bridgehead atoms. The monoisotopic (exact) mass is 306 g/mol. The van der Waals surface area contributed by atoms with Crippen LogP contribution in [0.25, 0.3) is 0 Å². The van der Waals surface area contributed by atoms with Crippen LogP contribution in [0.4, 0.5) is 0 Å². The normalized spacial score (nSPS) is 20.9. The van der Waals surface area contributed by atoms with Crippen molar-refractivity contribution in [2.24, 2.45) is 10.4 Å². The van der Waals surface area contributed by atoms with E-state index < -0.39 is 0 Å². The van der Waals surface area contributed by atoms with Gasteiger partial charge in [-0.3, -0.25) is 4.99 Å². The number of aryl methyl sites for hydroxylation is 1. The molecule has 3 rings (SSSR count). The number of nitrogens with one attached hydrogen (secondary N) is 1. The number of rotatable bonds is 4. The lowest BCUT2D eigenvalue weighted by Crippen LogP contribution is -2.43. The predicted octanol–water partition coefficient (Wildman–Crippen LogP) is 2.70. The van der Waals surface area contributed by atoms with Crippen molar-refractivity contribution in [1.82, 2.24) is 15.2 Å². The average Bonchev–Trinajstić information content (AvgIpc) is 3.10. The highest BCUT2D eigenvalue weighted by Crippen LogP contribution is 2.47. The Balaban J connectivity index is 1.47. The minimum atomic E-state index is 0.628. The van der Waals surface area contributed by atoms with E-state index in [4.69, 9.17) is 0 Å². The van der Waals surface area contributed by atoms with Crippen LogP contribution in [0.1, 0.15) is 42.5 Å². The molecule has 1 spiro atoms. The third-order valence-corrected chi connectivity index (χ3v) is 6.14. The lowest BCUT2D eigenvalue weighted by atomic mass is 9.68. The van der Waals surface area contributed by atoms with Crippen molar-refractivity contribution in [2.45, 2.75) is 45.4 Å². The van der Waals surface area contributed by atoms with Crippen molar-refractivity contribution in [3.05, 3.63) is 16.1 Å². The zero-order valence-corrected chi connectivity index (χ0v) is 14.0. The Bertz CT molecular complexity index is 504. The Morgan fingerprint density at radius 1 is 1.48 bits per heavy atom. The van der Waals surface area contributed by atoms with Gasteiger partial charge in [0.1, 0.15) is 0 Å². The van der Waals surface area contributed by atoms with Gasteiger partial charge >= 0.3 is 0 Å².